The van der Waals surface area contributed by atoms with Crippen LogP contribution >= 0.6 is 11.3 Å². The minimum Gasteiger partial charge on any atom is -0.359 e. The van der Waals surface area contributed by atoms with Crippen LogP contribution in [0.15, 0.2) is 11.4 Å². The Balaban J connectivity index is 1.86. The number of nitrogen functional groups attached to an aromatic ring is 1. The Morgan fingerprint density at radius 2 is 2.40 bits per heavy atom. The van der Waals surface area contributed by atoms with Gasteiger partial charge in [-0.15, -0.1) is 11.3 Å². The van der Waals surface area contributed by atoms with Gasteiger partial charge in [-0.25, -0.2) is 10.8 Å². The van der Waals surface area contributed by atoms with Crippen LogP contribution in [-0.2, 0) is 0 Å². The molecular formula is C13H20N6S. The number of likely N-dealkylation sites (tertiary alicyclic amines) is 1. The SMILES string of the molecule is CN1CCC(CN(C)c2nc(NN)nc3sccc23)C1. The highest BCUT2D eigenvalue weighted by Crippen LogP contribution is 2.29. The molecule has 1 aliphatic heterocycles. The molecule has 7 heteroatoms. The summed E-state index contributed by atoms with van der Waals surface area (Å²) in [6, 6.07) is 2.08. The van der Waals surface area contributed by atoms with Gasteiger partial charge in [0.05, 0.1) is 5.39 Å². The second-order valence-corrected chi connectivity index (χ2v) is 6.35. The summed E-state index contributed by atoms with van der Waals surface area (Å²) in [6.45, 7) is 3.35. The quantitative estimate of drug-likeness (QED) is 0.655. The van der Waals surface area contributed by atoms with E-state index in [1.54, 1.807) is 11.3 Å². The van der Waals surface area contributed by atoms with Crippen LogP contribution in [0, 0.1) is 5.92 Å². The molecule has 1 saturated heterocycles. The second-order valence-electron chi connectivity index (χ2n) is 5.45. The van der Waals surface area contributed by atoms with Crippen LogP contribution in [-0.4, -0.2) is 48.6 Å². The van der Waals surface area contributed by atoms with Crippen molar-refractivity contribution in [2.24, 2.45) is 11.8 Å². The number of fused-ring (bicyclic) bond motifs is 1. The maximum atomic E-state index is 5.46. The van der Waals surface area contributed by atoms with Crippen LogP contribution in [0.3, 0.4) is 0 Å². The molecule has 20 heavy (non-hydrogen) atoms. The molecule has 3 rings (SSSR count). The molecule has 6 nitrogen and oxygen atoms in total. The van der Waals surface area contributed by atoms with E-state index in [-0.39, 0.29) is 0 Å². The normalized spacial score (nSPS) is 19.6. The van der Waals surface area contributed by atoms with Gasteiger partial charge in [-0.2, -0.15) is 4.98 Å². The number of thiophene rings is 1. The van der Waals surface area contributed by atoms with Crippen LogP contribution in [0.4, 0.5) is 11.8 Å². The largest absolute Gasteiger partial charge is 0.359 e. The molecule has 0 radical (unpaired) electrons. The summed E-state index contributed by atoms with van der Waals surface area (Å²) in [7, 11) is 4.27. The lowest BCUT2D eigenvalue weighted by Gasteiger charge is -2.23. The molecule has 2 aromatic heterocycles. The Hall–Kier alpha value is -1.44. The van der Waals surface area contributed by atoms with Crippen LogP contribution in [0.1, 0.15) is 6.42 Å². The summed E-state index contributed by atoms with van der Waals surface area (Å²) >= 11 is 1.61. The zero-order chi connectivity index (χ0) is 14.1. The first kappa shape index (κ1) is 13.5. The molecule has 0 aliphatic carbocycles. The third-order valence-electron chi connectivity index (χ3n) is 3.82. The number of hydrogen-bond donors (Lipinski definition) is 2. The van der Waals surface area contributed by atoms with E-state index >= 15 is 0 Å². The Labute approximate surface area is 122 Å². The highest BCUT2D eigenvalue weighted by atomic mass is 32.1. The van der Waals surface area contributed by atoms with Crippen LogP contribution in [0.5, 0.6) is 0 Å². The minimum atomic E-state index is 0.477. The highest BCUT2D eigenvalue weighted by molar-refractivity contribution is 7.16. The molecule has 1 unspecified atom stereocenters. The van der Waals surface area contributed by atoms with Gasteiger partial charge in [-0.3, -0.25) is 5.43 Å². The van der Waals surface area contributed by atoms with Gasteiger partial charge in [0.1, 0.15) is 10.6 Å². The third-order valence-corrected chi connectivity index (χ3v) is 4.62. The number of nitrogens with one attached hydrogen (secondary N) is 1. The van der Waals surface area contributed by atoms with Crippen molar-refractivity contribution in [1.29, 1.82) is 0 Å². The number of hydrazine groups is 1. The molecule has 0 bridgehead atoms. The van der Waals surface area contributed by atoms with E-state index in [0.717, 1.165) is 29.1 Å². The average Bonchev–Trinajstić information content (AvgIpc) is 3.06. The van der Waals surface area contributed by atoms with E-state index in [0.29, 0.717) is 11.9 Å². The molecular weight excluding hydrogens is 272 g/mol. The van der Waals surface area contributed by atoms with Gasteiger partial charge >= 0.3 is 0 Å². The van der Waals surface area contributed by atoms with E-state index in [9.17, 15) is 0 Å². The number of anilines is 2. The van der Waals surface area contributed by atoms with Crippen LogP contribution in [0.25, 0.3) is 10.2 Å². The van der Waals surface area contributed by atoms with E-state index in [1.807, 2.05) is 5.38 Å². The number of nitrogens with zero attached hydrogens (tertiary/aromatic N) is 4. The van der Waals surface area contributed by atoms with E-state index < -0.39 is 0 Å². The van der Waals surface area contributed by atoms with E-state index in [1.165, 1.54) is 13.0 Å². The molecule has 1 aliphatic rings. The summed E-state index contributed by atoms with van der Waals surface area (Å²) in [5, 5.41) is 3.14. The van der Waals surface area contributed by atoms with Gasteiger partial charge in [-0.1, -0.05) is 0 Å². The number of rotatable bonds is 4. The summed E-state index contributed by atoms with van der Waals surface area (Å²) in [5.74, 6) is 7.60. The Kier molecular flexibility index (Phi) is 3.73. The van der Waals surface area contributed by atoms with Crippen molar-refractivity contribution in [3.63, 3.8) is 0 Å². The molecule has 2 aromatic rings. The first-order valence-electron chi connectivity index (χ1n) is 6.79. The van der Waals surface area contributed by atoms with Gasteiger partial charge in [0, 0.05) is 20.1 Å². The molecule has 1 fully saturated rings. The van der Waals surface area contributed by atoms with Gasteiger partial charge in [0.25, 0.3) is 0 Å². The molecule has 108 valence electrons. The van der Waals surface area contributed by atoms with Gasteiger partial charge in [0.15, 0.2) is 0 Å². The summed E-state index contributed by atoms with van der Waals surface area (Å²) < 4.78 is 0. The number of hydrogen-bond acceptors (Lipinski definition) is 7. The van der Waals surface area contributed by atoms with E-state index in [2.05, 4.69) is 45.4 Å². The van der Waals surface area contributed by atoms with Crippen LogP contribution < -0.4 is 16.2 Å². The van der Waals surface area contributed by atoms with Gasteiger partial charge in [-0.05, 0) is 37.4 Å². The topological polar surface area (TPSA) is 70.3 Å². The maximum absolute atomic E-state index is 5.46. The third kappa shape index (κ3) is 2.56. The van der Waals surface area contributed by atoms with Crippen molar-refractivity contribution < 1.29 is 0 Å². The average molecular weight is 292 g/mol. The van der Waals surface area contributed by atoms with Crippen molar-refractivity contribution in [3.8, 4) is 0 Å². The summed E-state index contributed by atoms with van der Waals surface area (Å²) in [4.78, 5) is 14.5. The molecule has 0 amide bonds. The molecule has 3 heterocycles. The zero-order valence-electron chi connectivity index (χ0n) is 11.8. The standard InChI is InChI=1S/C13H20N6S/c1-18-5-3-9(7-18)8-19(2)11-10-4-6-20-12(10)16-13(15-11)17-14/h4,6,9H,3,5,7-8,14H2,1-2H3,(H,15,16,17). The van der Waals surface area contributed by atoms with Crippen molar-refractivity contribution in [1.82, 2.24) is 14.9 Å². The fourth-order valence-corrected chi connectivity index (χ4v) is 3.60. The van der Waals surface area contributed by atoms with Gasteiger partial charge < -0.3 is 9.80 Å². The number of aromatic nitrogens is 2. The fourth-order valence-electron chi connectivity index (χ4n) is 2.84. The van der Waals surface area contributed by atoms with Crippen molar-refractivity contribution >= 4 is 33.3 Å². The monoisotopic (exact) mass is 292 g/mol. The Bertz CT molecular complexity index is 598. The van der Waals surface area contributed by atoms with Crippen molar-refractivity contribution in [2.75, 3.05) is 44.1 Å². The predicted molar refractivity (Wildman–Crippen MR) is 84.1 cm³/mol. The smallest absolute Gasteiger partial charge is 0.240 e. The molecule has 3 N–H and O–H groups in total. The minimum absolute atomic E-state index is 0.477. The van der Waals surface area contributed by atoms with Crippen molar-refractivity contribution in [3.05, 3.63) is 11.4 Å². The lowest BCUT2D eigenvalue weighted by molar-refractivity contribution is 0.396. The first-order chi connectivity index (χ1) is 9.67. The van der Waals surface area contributed by atoms with Crippen molar-refractivity contribution in [2.45, 2.75) is 6.42 Å². The zero-order valence-corrected chi connectivity index (χ0v) is 12.7. The van der Waals surface area contributed by atoms with Gasteiger partial charge in [0.2, 0.25) is 5.95 Å². The second kappa shape index (κ2) is 5.51. The summed E-state index contributed by atoms with van der Waals surface area (Å²) in [6.07, 6.45) is 1.25. The Morgan fingerprint density at radius 1 is 1.55 bits per heavy atom. The lowest BCUT2D eigenvalue weighted by Crippen LogP contribution is -2.28. The lowest BCUT2D eigenvalue weighted by atomic mass is 10.1. The maximum Gasteiger partial charge on any atom is 0.240 e. The number of nitrogens with two attached hydrogens (primary N) is 1. The predicted octanol–water partition coefficient (Wildman–Crippen LogP) is 1.36. The highest BCUT2D eigenvalue weighted by Gasteiger charge is 2.22. The molecule has 1 atom stereocenters. The summed E-state index contributed by atoms with van der Waals surface area (Å²) in [5.41, 5.74) is 2.55. The van der Waals surface area contributed by atoms with E-state index in [4.69, 9.17) is 5.84 Å². The molecule has 0 aromatic carbocycles. The van der Waals surface area contributed by atoms with Crippen LogP contribution in [0.2, 0.25) is 0 Å². The Morgan fingerprint density at radius 3 is 3.10 bits per heavy atom. The molecule has 0 saturated carbocycles. The fraction of sp³-hybridized carbons (Fsp3) is 0.538. The molecule has 0 spiro atoms. The first-order valence-corrected chi connectivity index (χ1v) is 7.67.